The van der Waals surface area contributed by atoms with Gasteiger partial charge in [-0.25, -0.2) is 4.57 Å². The second-order valence-corrected chi connectivity index (χ2v) is 5.53. The van der Waals surface area contributed by atoms with Crippen molar-refractivity contribution in [2.24, 2.45) is 7.05 Å². The standard InChI is InChI=1S/C17H27NO2/c1-3-4-5-6-7-8-9-10-11-16-13-12-15(17(19)20)14-18(16)2/h12-14H,3-11H2,1-2H3. The molecule has 1 aromatic rings. The molecule has 0 bridgehead atoms. The minimum atomic E-state index is -1.11. The van der Waals surface area contributed by atoms with Crippen molar-refractivity contribution >= 4 is 5.97 Å². The molecule has 0 fully saturated rings. The topological polar surface area (TPSA) is 44.0 Å². The third-order valence-corrected chi connectivity index (χ3v) is 3.76. The largest absolute Gasteiger partial charge is 0.545 e. The fourth-order valence-electron chi connectivity index (χ4n) is 2.46. The van der Waals surface area contributed by atoms with Crippen LogP contribution < -0.4 is 9.67 Å². The number of hydrogen-bond donors (Lipinski definition) is 0. The number of aromatic carboxylic acids is 1. The molecule has 0 N–H and O–H groups in total. The van der Waals surface area contributed by atoms with Gasteiger partial charge in [-0.2, -0.15) is 0 Å². The van der Waals surface area contributed by atoms with Crippen molar-refractivity contribution in [2.75, 3.05) is 0 Å². The molecule has 3 heteroatoms. The maximum absolute atomic E-state index is 10.7. The molecule has 0 aliphatic rings. The van der Waals surface area contributed by atoms with Crippen LogP contribution in [0.25, 0.3) is 0 Å². The number of carbonyl (C=O) groups is 1. The van der Waals surface area contributed by atoms with Gasteiger partial charge in [0.25, 0.3) is 0 Å². The van der Waals surface area contributed by atoms with Gasteiger partial charge in [0, 0.05) is 12.5 Å². The van der Waals surface area contributed by atoms with Crippen LogP contribution in [0, 0.1) is 0 Å². The number of rotatable bonds is 10. The van der Waals surface area contributed by atoms with E-state index in [0.29, 0.717) is 0 Å². The second kappa shape index (κ2) is 9.51. The molecule has 0 saturated heterocycles. The van der Waals surface area contributed by atoms with E-state index in [4.69, 9.17) is 0 Å². The van der Waals surface area contributed by atoms with E-state index in [-0.39, 0.29) is 5.56 Å². The molecular formula is C17H27NO2. The summed E-state index contributed by atoms with van der Waals surface area (Å²) in [6.07, 6.45) is 13.1. The van der Waals surface area contributed by atoms with Crippen molar-refractivity contribution in [2.45, 2.75) is 64.7 Å². The smallest absolute Gasteiger partial charge is 0.181 e. The predicted molar refractivity (Wildman–Crippen MR) is 78.3 cm³/mol. The molecule has 0 unspecified atom stereocenters. The van der Waals surface area contributed by atoms with Gasteiger partial charge in [-0.15, -0.1) is 0 Å². The Bertz CT molecular complexity index is 415. The van der Waals surface area contributed by atoms with Crippen molar-refractivity contribution in [1.29, 1.82) is 0 Å². The number of unbranched alkanes of at least 4 members (excludes halogenated alkanes) is 7. The van der Waals surface area contributed by atoms with E-state index < -0.39 is 5.97 Å². The van der Waals surface area contributed by atoms with Crippen LogP contribution in [0.3, 0.4) is 0 Å². The maximum atomic E-state index is 10.7. The predicted octanol–water partition coefficient (Wildman–Crippen LogP) is 2.56. The third kappa shape index (κ3) is 6.18. The lowest BCUT2D eigenvalue weighted by molar-refractivity contribution is -0.679. The molecule has 3 nitrogen and oxygen atoms in total. The van der Waals surface area contributed by atoms with Crippen molar-refractivity contribution in [3.8, 4) is 0 Å². The van der Waals surface area contributed by atoms with Gasteiger partial charge in [0.05, 0.1) is 11.5 Å². The van der Waals surface area contributed by atoms with Gasteiger partial charge in [-0.05, 0) is 12.5 Å². The van der Waals surface area contributed by atoms with Gasteiger partial charge in [0.1, 0.15) is 7.05 Å². The van der Waals surface area contributed by atoms with E-state index in [9.17, 15) is 9.90 Å². The average Bonchev–Trinajstić information content (AvgIpc) is 2.43. The van der Waals surface area contributed by atoms with Crippen LogP contribution in [-0.4, -0.2) is 5.97 Å². The lowest BCUT2D eigenvalue weighted by Gasteiger charge is -2.04. The lowest BCUT2D eigenvalue weighted by Crippen LogP contribution is -2.36. The highest BCUT2D eigenvalue weighted by molar-refractivity contribution is 5.84. The molecule has 0 aliphatic heterocycles. The number of aryl methyl sites for hydroxylation is 2. The zero-order valence-electron chi connectivity index (χ0n) is 12.9. The Morgan fingerprint density at radius 2 is 1.65 bits per heavy atom. The van der Waals surface area contributed by atoms with Crippen molar-refractivity contribution in [3.63, 3.8) is 0 Å². The van der Waals surface area contributed by atoms with Crippen molar-refractivity contribution in [1.82, 2.24) is 0 Å². The molecule has 0 spiro atoms. The number of carboxylic acid groups (broad SMARTS) is 1. The highest BCUT2D eigenvalue weighted by Gasteiger charge is 2.07. The summed E-state index contributed by atoms with van der Waals surface area (Å²) in [6.45, 7) is 2.24. The number of carbonyl (C=O) groups excluding carboxylic acids is 1. The maximum Gasteiger partial charge on any atom is 0.181 e. The second-order valence-electron chi connectivity index (χ2n) is 5.53. The van der Waals surface area contributed by atoms with E-state index in [1.165, 1.54) is 57.1 Å². The summed E-state index contributed by atoms with van der Waals surface area (Å²) in [5.74, 6) is -1.11. The number of pyridine rings is 1. The highest BCUT2D eigenvalue weighted by atomic mass is 16.4. The third-order valence-electron chi connectivity index (χ3n) is 3.76. The molecule has 1 rings (SSSR count). The molecule has 0 radical (unpaired) electrons. The number of nitrogens with zero attached hydrogens (tertiary/aromatic N) is 1. The SMILES string of the molecule is CCCCCCCCCCc1ccc(C(=O)[O-])c[n+]1C. The fourth-order valence-corrected chi connectivity index (χ4v) is 2.46. The summed E-state index contributed by atoms with van der Waals surface area (Å²) < 4.78 is 1.90. The summed E-state index contributed by atoms with van der Waals surface area (Å²) in [4.78, 5) is 10.7. The number of carboxylic acids is 1. The van der Waals surface area contributed by atoms with E-state index in [1.807, 2.05) is 17.7 Å². The van der Waals surface area contributed by atoms with E-state index in [0.717, 1.165) is 6.42 Å². The number of hydrogen-bond acceptors (Lipinski definition) is 2. The molecule has 20 heavy (non-hydrogen) atoms. The van der Waals surface area contributed by atoms with Gasteiger partial charge in [-0.3, -0.25) is 0 Å². The van der Waals surface area contributed by atoms with Crippen LogP contribution in [0.15, 0.2) is 18.3 Å². The van der Waals surface area contributed by atoms with Crippen molar-refractivity contribution in [3.05, 3.63) is 29.6 Å². The normalized spacial score (nSPS) is 10.7. The molecule has 112 valence electrons. The quantitative estimate of drug-likeness (QED) is 0.487. The van der Waals surface area contributed by atoms with Crippen LogP contribution in [0.5, 0.6) is 0 Å². The number of aromatic nitrogens is 1. The van der Waals surface area contributed by atoms with Crippen LogP contribution in [0.4, 0.5) is 0 Å². The van der Waals surface area contributed by atoms with E-state index >= 15 is 0 Å². The Balaban J connectivity index is 2.20. The minimum absolute atomic E-state index is 0.243. The summed E-state index contributed by atoms with van der Waals surface area (Å²) in [5, 5.41) is 10.7. The summed E-state index contributed by atoms with van der Waals surface area (Å²) in [7, 11) is 1.90. The first kappa shape index (κ1) is 16.7. The Labute approximate surface area is 122 Å². The van der Waals surface area contributed by atoms with Crippen molar-refractivity contribution < 1.29 is 14.5 Å². The first-order chi connectivity index (χ1) is 9.65. The molecule has 0 aromatic carbocycles. The monoisotopic (exact) mass is 277 g/mol. The van der Waals surface area contributed by atoms with E-state index in [1.54, 1.807) is 12.3 Å². The Kier molecular flexibility index (Phi) is 7.93. The van der Waals surface area contributed by atoms with Gasteiger partial charge >= 0.3 is 0 Å². The lowest BCUT2D eigenvalue weighted by atomic mass is 10.1. The molecule has 0 saturated carbocycles. The van der Waals surface area contributed by atoms with E-state index in [2.05, 4.69) is 6.92 Å². The summed E-state index contributed by atoms with van der Waals surface area (Å²) in [5.41, 5.74) is 1.42. The van der Waals surface area contributed by atoms with Gasteiger partial charge in [0.15, 0.2) is 11.9 Å². The Hall–Kier alpha value is -1.38. The van der Waals surface area contributed by atoms with Crippen LogP contribution in [0.2, 0.25) is 0 Å². The first-order valence-corrected chi connectivity index (χ1v) is 7.85. The highest BCUT2D eigenvalue weighted by Crippen LogP contribution is 2.10. The Morgan fingerprint density at radius 1 is 1.05 bits per heavy atom. The zero-order chi connectivity index (χ0) is 14.8. The van der Waals surface area contributed by atoms with Gasteiger partial charge in [0.2, 0.25) is 0 Å². The van der Waals surface area contributed by atoms with Crippen LogP contribution in [0.1, 0.15) is 74.3 Å². The summed E-state index contributed by atoms with van der Waals surface area (Å²) in [6, 6.07) is 3.53. The molecular weight excluding hydrogens is 250 g/mol. The average molecular weight is 277 g/mol. The molecule has 0 atom stereocenters. The molecule has 1 heterocycles. The summed E-state index contributed by atoms with van der Waals surface area (Å²) >= 11 is 0. The van der Waals surface area contributed by atoms with Gasteiger partial charge in [-0.1, -0.05) is 51.9 Å². The van der Waals surface area contributed by atoms with Crippen LogP contribution in [-0.2, 0) is 13.5 Å². The van der Waals surface area contributed by atoms with Gasteiger partial charge < -0.3 is 9.90 Å². The molecule has 1 aromatic heterocycles. The first-order valence-electron chi connectivity index (χ1n) is 7.85. The molecule has 0 aliphatic carbocycles. The zero-order valence-corrected chi connectivity index (χ0v) is 12.9. The Morgan fingerprint density at radius 3 is 2.20 bits per heavy atom. The minimum Gasteiger partial charge on any atom is -0.545 e. The molecule has 0 amide bonds. The van der Waals surface area contributed by atoms with Crippen LogP contribution >= 0.6 is 0 Å². The fraction of sp³-hybridized carbons (Fsp3) is 0.647.